The van der Waals surface area contributed by atoms with Crippen LogP contribution in [0.4, 0.5) is 11.7 Å². The summed E-state index contributed by atoms with van der Waals surface area (Å²) in [5.74, 6) is 0.987. The maximum Gasteiger partial charge on any atom is 0.299 e. The third-order valence-corrected chi connectivity index (χ3v) is 7.85. The number of nitrogens with zero attached hydrogens (tertiary/aromatic N) is 2. The predicted molar refractivity (Wildman–Crippen MR) is 137 cm³/mol. The van der Waals surface area contributed by atoms with Gasteiger partial charge in [-0.05, 0) is 55.7 Å². The lowest BCUT2D eigenvalue weighted by Crippen LogP contribution is -2.27. The molecule has 1 fully saturated rings. The number of anilines is 2. The Kier molecular flexibility index (Phi) is 7.02. The molecule has 5 rings (SSSR count). The average molecular weight is 506 g/mol. The molecule has 8 nitrogen and oxygen atoms in total. The zero-order chi connectivity index (χ0) is 25.0. The van der Waals surface area contributed by atoms with Crippen LogP contribution in [0.25, 0.3) is 22.6 Å². The maximum atomic E-state index is 13.0. The van der Waals surface area contributed by atoms with E-state index in [2.05, 4.69) is 15.3 Å². The molecule has 3 heterocycles. The molecule has 1 saturated heterocycles. The number of pyridine rings is 1. The summed E-state index contributed by atoms with van der Waals surface area (Å²) in [7, 11) is -2.02. The third kappa shape index (κ3) is 5.42. The number of hydrogen-bond acceptors (Lipinski definition) is 8. The first-order valence-corrected chi connectivity index (χ1v) is 13.4. The van der Waals surface area contributed by atoms with Gasteiger partial charge in [-0.15, -0.1) is 0 Å². The highest BCUT2D eigenvalue weighted by atomic mass is 32.2. The van der Waals surface area contributed by atoms with Crippen molar-refractivity contribution in [3.8, 4) is 28.3 Å². The molecule has 1 unspecified atom stereocenters. The molecular formula is C27H27N3O5S. The Labute approximate surface area is 210 Å². The smallest absolute Gasteiger partial charge is 0.299 e. The van der Waals surface area contributed by atoms with Gasteiger partial charge in [-0.25, -0.2) is 13.4 Å². The molecule has 186 valence electrons. The van der Waals surface area contributed by atoms with E-state index < -0.39 is 9.84 Å². The van der Waals surface area contributed by atoms with E-state index >= 15 is 0 Å². The lowest BCUT2D eigenvalue weighted by molar-refractivity contribution is 0.0305. The van der Waals surface area contributed by atoms with Crippen LogP contribution in [-0.4, -0.2) is 44.0 Å². The number of benzene rings is 2. The van der Waals surface area contributed by atoms with Gasteiger partial charge in [0.15, 0.2) is 15.6 Å². The highest BCUT2D eigenvalue weighted by Gasteiger charge is 2.25. The summed E-state index contributed by atoms with van der Waals surface area (Å²) >= 11 is 0. The largest absolute Gasteiger partial charge is 0.495 e. The summed E-state index contributed by atoms with van der Waals surface area (Å²) in [6.07, 6.45) is 5.79. The van der Waals surface area contributed by atoms with Gasteiger partial charge in [0.05, 0.1) is 41.4 Å². The van der Waals surface area contributed by atoms with E-state index in [-0.39, 0.29) is 22.8 Å². The van der Waals surface area contributed by atoms with Gasteiger partial charge in [0.2, 0.25) is 0 Å². The summed E-state index contributed by atoms with van der Waals surface area (Å²) in [5, 5.41) is 3.07. The molecule has 0 bridgehead atoms. The average Bonchev–Trinajstić information content (AvgIpc) is 3.38. The first-order chi connectivity index (χ1) is 17.5. The number of aromatic nitrogens is 2. The van der Waals surface area contributed by atoms with Crippen LogP contribution >= 0.6 is 0 Å². The van der Waals surface area contributed by atoms with E-state index in [1.54, 1.807) is 30.6 Å². The van der Waals surface area contributed by atoms with Crippen LogP contribution in [0.1, 0.15) is 19.3 Å². The van der Waals surface area contributed by atoms with E-state index in [1.165, 1.54) is 7.11 Å². The lowest BCUT2D eigenvalue weighted by Gasteiger charge is -2.22. The minimum atomic E-state index is -3.55. The fourth-order valence-electron chi connectivity index (χ4n) is 4.20. The van der Waals surface area contributed by atoms with E-state index in [0.717, 1.165) is 36.1 Å². The van der Waals surface area contributed by atoms with Crippen molar-refractivity contribution in [1.29, 1.82) is 0 Å². The summed E-state index contributed by atoms with van der Waals surface area (Å²) in [5.41, 5.74) is 3.10. The molecule has 1 aliphatic heterocycles. The van der Waals surface area contributed by atoms with Gasteiger partial charge in [0.25, 0.3) is 6.01 Å². The Hall–Kier alpha value is -3.69. The molecule has 2 aromatic heterocycles. The Morgan fingerprint density at radius 1 is 1.03 bits per heavy atom. The summed E-state index contributed by atoms with van der Waals surface area (Å²) in [6, 6.07) is 18.5. The van der Waals surface area contributed by atoms with E-state index in [0.29, 0.717) is 23.8 Å². The third-order valence-electron chi connectivity index (χ3n) is 6.06. The van der Waals surface area contributed by atoms with Crippen LogP contribution in [-0.2, 0) is 14.6 Å². The monoisotopic (exact) mass is 505 g/mol. The van der Waals surface area contributed by atoms with Gasteiger partial charge in [0, 0.05) is 23.9 Å². The first-order valence-electron chi connectivity index (χ1n) is 11.8. The fraction of sp³-hybridized carbons (Fsp3) is 0.259. The van der Waals surface area contributed by atoms with Crippen molar-refractivity contribution >= 4 is 21.5 Å². The van der Waals surface area contributed by atoms with Crippen LogP contribution in [0, 0.1) is 0 Å². The molecule has 2 aromatic carbocycles. The molecule has 36 heavy (non-hydrogen) atoms. The van der Waals surface area contributed by atoms with Crippen LogP contribution in [0.5, 0.6) is 5.75 Å². The molecule has 1 atom stereocenters. The first kappa shape index (κ1) is 24.0. The Bertz CT molecular complexity index is 1430. The predicted octanol–water partition coefficient (Wildman–Crippen LogP) is 5.50. The SMILES string of the molecule is COc1ccc(S(=O)(=O)CC2CCCCO2)cc1Nc1ncc(-c2cccc(-c3ccccn3)c2)o1. The van der Waals surface area contributed by atoms with Crippen LogP contribution < -0.4 is 10.1 Å². The summed E-state index contributed by atoms with van der Waals surface area (Å²) in [6.45, 7) is 0.604. The molecule has 4 aromatic rings. The van der Waals surface area contributed by atoms with E-state index in [1.807, 2.05) is 42.5 Å². The van der Waals surface area contributed by atoms with Gasteiger partial charge >= 0.3 is 0 Å². The quantitative estimate of drug-likeness (QED) is 0.335. The fourth-order valence-corrected chi connectivity index (χ4v) is 5.72. The van der Waals surface area contributed by atoms with Gasteiger partial charge in [-0.1, -0.05) is 24.3 Å². The number of oxazole rings is 1. The molecule has 0 spiro atoms. The lowest BCUT2D eigenvalue weighted by atomic mass is 10.1. The number of nitrogens with one attached hydrogen (secondary N) is 1. The van der Waals surface area contributed by atoms with Crippen molar-refractivity contribution in [2.75, 3.05) is 24.8 Å². The molecule has 0 amide bonds. The molecular weight excluding hydrogens is 478 g/mol. The Morgan fingerprint density at radius 2 is 1.92 bits per heavy atom. The number of methoxy groups -OCH3 is 1. The molecule has 0 aliphatic carbocycles. The van der Waals surface area contributed by atoms with Crippen molar-refractivity contribution in [3.63, 3.8) is 0 Å². The van der Waals surface area contributed by atoms with Crippen LogP contribution in [0.2, 0.25) is 0 Å². The van der Waals surface area contributed by atoms with Gasteiger partial charge in [-0.2, -0.15) is 0 Å². The second kappa shape index (κ2) is 10.5. The zero-order valence-electron chi connectivity index (χ0n) is 19.9. The molecule has 1 aliphatic rings. The second-order valence-corrected chi connectivity index (χ2v) is 10.6. The normalized spacial score (nSPS) is 16.0. The number of sulfone groups is 1. The summed E-state index contributed by atoms with van der Waals surface area (Å²) < 4.78 is 43.1. The van der Waals surface area contributed by atoms with Crippen molar-refractivity contribution < 1.29 is 22.3 Å². The molecule has 0 saturated carbocycles. The van der Waals surface area contributed by atoms with E-state index in [9.17, 15) is 8.42 Å². The van der Waals surface area contributed by atoms with Gasteiger partial charge in [0.1, 0.15) is 5.75 Å². The van der Waals surface area contributed by atoms with Crippen molar-refractivity contribution in [1.82, 2.24) is 9.97 Å². The second-order valence-electron chi connectivity index (χ2n) is 8.58. The standard InChI is InChI=1S/C27H27N3O5S/c1-33-25-12-11-22(36(31,32)18-21-9-3-5-14-34-21)16-24(25)30-27-29-17-26(35-27)20-8-6-7-19(15-20)23-10-2-4-13-28-23/h2,4,6-8,10-13,15-17,21H,3,5,9,14,18H2,1H3,(H,29,30). The highest BCUT2D eigenvalue weighted by molar-refractivity contribution is 7.91. The molecule has 0 radical (unpaired) electrons. The summed E-state index contributed by atoms with van der Waals surface area (Å²) in [4.78, 5) is 8.92. The van der Waals surface area contributed by atoms with Gasteiger partial charge < -0.3 is 19.2 Å². The minimum absolute atomic E-state index is 0.0471. The maximum absolute atomic E-state index is 13.0. The van der Waals surface area contributed by atoms with Crippen molar-refractivity contribution in [3.05, 3.63) is 73.1 Å². The number of rotatable bonds is 8. The molecule has 9 heteroatoms. The van der Waals surface area contributed by atoms with Crippen molar-refractivity contribution in [2.24, 2.45) is 0 Å². The zero-order valence-corrected chi connectivity index (χ0v) is 20.7. The van der Waals surface area contributed by atoms with Crippen LogP contribution in [0.15, 0.2) is 82.4 Å². The topological polar surface area (TPSA) is 104 Å². The number of hydrogen-bond donors (Lipinski definition) is 1. The van der Waals surface area contributed by atoms with Crippen molar-refractivity contribution in [2.45, 2.75) is 30.3 Å². The number of ether oxygens (including phenoxy) is 2. The highest BCUT2D eigenvalue weighted by Crippen LogP contribution is 2.33. The van der Waals surface area contributed by atoms with Crippen LogP contribution in [0.3, 0.4) is 0 Å². The van der Waals surface area contributed by atoms with E-state index in [4.69, 9.17) is 13.9 Å². The van der Waals surface area contributed by atoms with Gasteiger partial charge in [-0.3, -0.25) is 4.98 Å². The Balaban J connectivity index is 1.37. The molecule has 1 N–H and O–H groups in total. The minimum Gasteiger partial charge on any atom is -0.495 e. The Morgan fingerprint density at radius 3 is 2.69 bits per heavy atom.